The maximum absolute atomic E-state index is 9.52. The number of nitriles is 1. The van der Waals surface area contributed by atoms with Crippen LogP contribution in [0.4, 0.5) is 0 Å². The summed E-state index contributed by atoms with van der Waals surface area (Å²) < 4.78 is 0. The van der Waals surface area contributed by atoms with Crippen LogP contribution in [0.2, 0.25) is 0 Å². The fourth-order valence-corrected chi connectivity index (χ4v) is 10.9. The molecule has 1 heterocycles. The molecule has 4 heteroatoms. The van der Waals surface area contributed by atoms with Crippen molar-refractivity contribution in [3.8, 4) is 62.5 Å². The van der Waals surface area contributed by atoms with Crippen LogP contribution in [0.1, 0.15) is 49.7 Å². The third kappa shape index (κ3) is 5.69. The van der Waals surface area contributed by atoms with E-state index < -0.39 is 0 Å². The molecule has 12 rings (SSSR count). The van der Waals surface area contributed by atoms with Gasteiger partial charge in [0.15, 0.2) is 17.5 Å². The zero-order valence-electron chi connectivity index (χ0n) is 31.2. The van der Waals surface area contributed by atoms with Crippen molar-refractivity contribution in [1.29, 1.82) is 5.26 Å². The number of hydrogen-bond acceptors (Lipinski definition) is 4. The molecule has 4 nitrogen and oxygen atoms in total. The molecule has 56 heavy (non-hydrogen) atoms. The summed E-state index contributed by atoms with van der Waals surface area (Å²) in [6.45, 7) is 0. The molecule has 4 fully saturated rings. The average molecular weight is 721 g/mol. The van der Waals surface area contributed by atoms with Gasteiger partial charge in [-0.05, 0) is 135 Å². The van der Waals surface area contributed by atoms with Crippen molar-refractivity contribution in [3.63, 3.8) is 0 Å². The van der Waals surface area contributed by atoms with Crippen LogP contribution in [0.25, 0.3) is 78.0 Å². The Kier molecular flexibility index (Phi) is 7.71. The van der Waals surface area contributed by atoms with E-state index in [1.165, 1.54) is 60.6 Å². The summed E-state index contributed by atoms with van der Waals surface area (Å²) in [5, 5.41) is 14.0. The first-order valence-electron chi connectivity index (χ1n) is 20.1. The van der Waals surface area contributed by atoms with Gasteiger partial charge in [-0.1, -0.05) is 127 Å². The van der Waals surface area contributed by atoms with Crippen LogP contribution < -0.4 is 0 Å². The van der Waals surface area contributed by atoms with Gasteiger partial charge in [-0.3, -0.25) is 0 Å². The lowest BCUT2D eigenvalue weighted by molar-refractivity contribution is -0.00518. The summed E-state index contributed by atoms with van der Waals surface area (Å²) in [6, 6.07) is 55.8. The molecule has 0 radical (unpaired) electrons. The molecule has 0 saturated heterocycles. The summed E-state index contributed by atoms with van der Waals surface area (Å²) in [5.41, 5.74) is 9.92. The van der Waals surface area contributed by atoms with E-state index >= 15 is 0 Å². The fourth-order valence-electron chi connectivity index (χ4n) is 10.9. The van der Waals surface area contributed by atoms with E-state index in [-0.39, 0.29) is 0 Å². The molecule has 0 N–H and O–H groups in total. The normalized spacial score (nSPS) is 21.0. The summed E-state index contributed by atoms with van der Waals surface area (Å²) in [4.78, 5) is 15.6. The Labute approximate surface area is 327 Å². The van der Waals surface area contributed by atoms with Crippen LogP contribution in [0.3, 0.4) is 0 Å². The minimum absolute atomic E-state index is 0.336. The van der Waals surface area contributed by atoms with Gasteiger partial charge in [-0.25, -0.2) is 15.0 Å². The first kappa shape index (κ1) is 32.9. The Balaban J connectivity index is 1.04. The number of hydrogen-bond donors (Lipinski definition) is 0. The quantitative estimate of drug-likeness (QED) is 0.172. The molecule has 4 saturated carbocycles. The lowest BCUT2D eigenvalue weighted by Crippen LogP contribution is -2.48. The first-order valence-corrected chi connectivity index (χ1v) is 20.1. The van der Waals surface area contributed by atoms with Crippen molar-refractivity contribution < 1.29 is 0 Å². The Bertz CT molecular complexity index is 2810. The molecule has 1 aromatic heterocycles. The van der Waals surface area contributed by atoms with Crippen molar-refractivity contribution in [3.05, 3.63) is 163 Å². The molecule has 0 spiro atoms. The fraction of sp³-hybridized carbons (Fsp3) is 0.192. The van der Waals surface area contributed by atoms with E-state index in [0.717, 1.165) is 61.7 Å². The maximum Gasteiger partial charge on any atom is 0.164 e. The third-order valence-electron chi connectivity index (χ3n) is 13.1. The predicted molar refractivity (Wildman–Crippen MR) is 227 cm³/mol. The van der Waals surface area contributed by atoms with Crippen molar-refractivity contribution in [2.24, 2.45) is 17.8 Å². The maximum atomic E-state index is 9.52. The Morgan fingerprint density at radius 3 is 1.71 bits per heavy atom. The molecular formula is C52H40N4. The molecule has 0 aliphatic heterocycles. The summed E-state index contributed by atoms with van der Waals surface area (Å²) >= 11 is 0. The second-order valence-electron chi connectivity index (χ2n) is 16.6. The molecule has 0 unspecified atom stereocenters. The highest BCUT2D eigenvalue weighted by Crippen LogP contribution is 2.60. The van der Waals surface area contributed by atoms with Gasteiger partial charge in [0.1, 0.15) is 0 Å². The van der Waals surface area contributed by atoms with Crippen molar-refractivity contribution in [2.45, 2.75) is 43.9 Å². The van der Waals surface area contributed by atoms with E-state index in [0.29, 0.717) is 28.5 Å². The van der Waals surface area contributed by atoms with E-state index in [1.54, 1.807) is 0 Å². The molecular weight excluding hydrogens is 681 g/mol. The van der Waals surface area contributed by atoms with Gasteiger partial charge in [-0.2, -0.15) is 5.26 Å². The van der Waals surface area contributed by atoms with E-state index in [1.807, 2.05) is 18.2 Å². The SMILES string of the molecule is N#Cc1ccc2c(-c3cccc(-c4nc(-c5ccc(C67C[C@H]8C[C@@H](C6)C[C@@H](C7)C8)cc5)nc(-c5ccc6cccc(-c7ccccc7)c6c5)n4)c3)cccc2c1. The number of rotatable bonds is 6. The molecule has 7 aromatic carbocycles. The van der Waals surface area contributed by atoms with Gasteiger partial charge < -0.3 is 0 Å². The Morgan fingerprint density at radius 1 is 0.446 bits per heavy atom. The Hall–Kier alpha value is -6.44. The molecule has 0 atom stereocenters. The highest BCUT2D eigenvalue weighted by molar-refractivity contribution is 5.99. The zero-order valence-corrected chi connectivity index (χ0v) is 31.2. The van der Waals surface area contributed by atoms with E-state index in [2.05, 4.69) is 140 Å². The van der Waals surface area contributed by atoms with Gasteiger partial charge in [0, 0.05) is 16.7 Å². The van der Waals surface area contributed by atoms with Crippen LogP contribution >= 0.6 is 0 Å². The van der Waals surface area contributed by atoms with E-state index in [9.17, 15) is 5.26 Å². The summed E-state index contributed by atoms with van der Waals surface area (Å²) in [5.74, 6) is 4.67. The largest absolute Gasteiger partial charge is 0.208 e. The number of nitrogens with zero attached hydrogens (tertiary/aromatic N) is 4. The minimum Gasteiger partial charge on any atom is -0.208 e. The molecule has 8 aromatic rings. The second-order valence-corrected chi connectivity index (χ2v) is 16.6. The molecule has 268 valence electrons. The van der Waals surface area contributed by atoms with Gasteiger partial charge in [0.05, 0.1) is 11.6 Å². The summed E-state index contributed by atoms with van der Waals surface area (Å²) in [6.07, 6.45) is 8.37. The zero-order chi connectivity index (χ0) is 37.2. The van der Waals surface area contributed by atoms with Crippen LogP contribution in [0.15, 0.2) is 152 Å². The summed E-state index contributed by atoms with van der Waals surface area (Å²) in [7, 11) is 0. The monoisotopic (exact) mass is 720 g/mol. The van der Waals surface area contributed by atoms with Crippen LogP contribution in [-0.4, -0.2) is 15.0 Å². The minimum atomic E-state index is 0.336. The number of benzene rings is 7. The topological polar surface area (TPSA) is 62.5 Å². The molecule has 4 aliphatic rings. The lowest BCUT2D eigenvalue weighted by atomic mass is 9.48. The smallest absolute Gasteiger partial charge is 0.164 e. The van der Waals surface area contributed by atoms with Gasteiger partial charge in [0.25, 0.3) is 0 Å². The van der Waals surface area contributed by atoms with Gasteiger partial charge in [0.2, 0.25) is 0 Å². The molecule has 4 aliphatic carbocycles. The second kappa shape index (κ2) is 13.1. The highest BCUT2D eigenvalue weighted by atomic mass is 15.0. The predicted octanol–water partition coefficient (Wildman–Crippen LogP) is 12.9. The van der Waals surface area contributed by atoms with Crippen molar-refractivity contribution >= 4 is 21.5 Å². The first-order chi connectivity index (χ1) is 27.6. The van der Waals surface area contributed by atoms with E-state index in [4.69, 9.17) is 15.0 Å². The van der Waals surface area contributed by atoms with Crippen LogP contribution in [0, 0.1) is 29.1 Å². The molecule has 4 bridgehead atoms. The van der Waals surface area contributed by atoms with Crippen molar-refractivity contribution in [2.75, 3.05) is 0 Å². The molecule has 0 amide bonds. The highest BCUT2D eigenvalue weighted by Gasteiger charge is 2.51. The van der Waals surface area contributed by atoms with Gasteiger partial charge in [-0.15, -0.1) is 0 Å². The van der Waals surface area contributed by atoms with Crippen LogP contribution in [0.5, 0.6) is 0 Å². The standard InChI is InChI=1S/C52H40N4/c53-32-33-15-22-47-40(26-33)11-6-14-46(47)41-10-4-12-42(27-41)50-54-49(39-18-20-44(21-19-39)52-29-34-23-35(30-52)25-36(24-34)31-52)55-51(56-50)43-17-16-38-9-5-13-45(48(38)28-43)37-7-2-1-3-8-37/h1-22,26-28,34-36H,23-25,29-31H2/t34-,35+,36-,52?. The van der Waals surface area contributed by atoms with Crippen molar-refractivity contribution in [1.82, 2.24) is 15.0 Å². The number of aromatic nitrogens is 3. The third-order valence-corrected chi connectivity index (χ3v) is 13.1. The number of fused-ring (bicyclic) bond motifs is 2. The lowest BCUT2D eigenvalue weighted by Gasteiger charge is -2.57. The average Bonchev–Trinajstić information content (AvgIpc) is 3.25. The van der Waals surface area contributed by atoms with Crippen LogP contribution in [-0.2, 0) is 5.41 Å². The van der Waals surface area contributed by atoms with Gasteiger partial charge >= 0.3 is 0 Å². The Morgan fingerprint density at radius 2 is 1.02 bits per heavy atom.